The van der Waals surface area contributed by atoms with Crippen molar-refractivity contribution in [3.63, 3.8) is 0 Å². The third kappa shape index (κ3) is 1.04. The molecule has 12 heavy (non-hydrogen) atoms. The SMILES string of the molecule is CO[C@@H]1c2ccccc2C[C@H]1O. The summed E-state index contributed by atoms with van der Waals surface area (Å²) in [7, 11) is 1.63. The van der Waals surface area contributed by atoms with Crippen molar-refractivity contribution >= 4 is 0 Å². The van der Waals surface area contributed by atoms with E-state index in [1.165, 1.54) is 5.56 Å². The maximum atomic E-state index is 9.59. The summed E-state index contributed by atoms with van der Waals surface area (Å²) in [5.41, 5.74) is 2.34. The molecule has 0 spiro atoms. The molecule has 2 rings (SSSR count). The van der Waals surface area contributed by atoms with Crippen molar-refractivity contribution in [3.8, 4) is 0 Å². The zero-order valence-electron chi connectivity index (χ0n) is 7.03. The lowest BCUT2D eigenvalue weighted by molar-refractivity contribution is -0.000807. The molecular weight excluding hydrogens is 152 g/mol. The van der Waals surface area contributed by atoms with Crippen LogP contribution in [0, 0.1) is 0 Å². The van der Waals surface area contributed by atoms with Crippen molar-refractivity contribution in [2.75, 3.05) is 7.11 Å². The minimum absolute atomic E-state index is 0.124. The van der Waals surface area contributed by atoms with Gasteiger partial charge in [0.25, 0.3) is 0 Å². The van der Waals surface area contributed by atoms with E-state index in [0.717, 1.165) is 5.56 Å². The molecule has 0 aromatic heterocycles. The fraction of sp³-hybridized carbons (Fsp3) is 0.400. The molecule has 64 valence electrons. The second kappa shape index (κ2) is 2.88. The third-order valence-corrected chi connectivity index (χ3v) is 2.39. The molecule has 2 heteroatoms. The van der Waals surface area contributed by atoms with Gasteiger partial charge in [0.2, 0.25) is 0 Å². The van der Waals surface area contributed by atoms with Crippen LogP contribution in [-0.2, 0) is 11.2 Å². The summed E-state index contributed by atoms with van der Waals surface area (Å²) in [4.78, 5) is 0. The Morgan fingerprint density at radius 1 is 1.42 bits per heavy atom. The van der Waals surface area contributed by atoms with Gasteiger partial charge in [0.15, 0.2) is 0 Å². The van der Waals surface area contributed by atoms with E-state index in [4.69, 9.17) is 4.74 Å². The van der Waals surface area contributed by atoms with Crippen molar-refractivity contribution < 1.29 is 9.84 Å². The van der Waals surface area contributed by atoms with Crippen LogP contribution in [0.1, 0.15) is 17.2 Å². The Bertz CT molecular complexity index is 283. The average molecular weight is 164 g/mol. The molecule has 0 bridgehead atoms. The van der Waals surface area contributed by atoms with Crippen LogP contribution in [0.25, 0.3) is 0 Å². The molecule has 2 nitrogen and oxygen atoms in total. The van der Waals surface area contributed by atoms with E-state index < -0.39 is 0 Å². The van der Waals surface area contributed by atoms with Gasteiger partial charge in [-0.1, -0.05) is 24.3 Å². The topological polar surface area (TPSA) is 29.5 Å². The maximum Gasteiger partial charge on any atom is 0.109 e. The van der Waals surface area contributed by atoms with Gasteiger partial charge in [-0.15, -0.1) is 0 Å². The molecule has 0 saturated carbocycles. The zero-order chi connectivity index (χ0) is 8.55. The molecule has 1 aliphatic rings. The van der Waals surface area contributed by atoms with Crippen LogP contribution in [0.2, 0.25) is 0 Å². The Balaban J connectivity index is 2.40. The summed E-state index contributed by atoms with van der Waals surface area (Å²) < 4.78 is 5.20. The monoisotopic (exact) mass is 164 g/mol. The Morgan fingerprint density at radius 2 is 2.17 bits per heavy atom. The van der Waals surface area contributed by atoms with Crippen LogP contribution in [0.3, 0.4) is 0 Å². The molecule has 0 heterocycles. The van der Waals surface area contributed by atoms with Gasteiger partial charge in [-0.2, -0.15) is 0 Å². The Morgan fingerprint density at radius 3 is 2.92 bits per heavy atom. The van der Waals surface area contributed by atoms with E-state index in [1.807, 2.05) is 24.3 Å². The molecule has 0 fully saturated rings. The number of ether oxygens (including phenoxy) is 1. The van der Waals surface area contributed by atoms with Gasteiger partial charge in [-0.3, -0.25) is 0 Å². The third-order valence-electron chi connectivity index (χ3n) is 2.39. The lowest BCUT2D eigenvalue weighted by atomic mass is 10.1. The fourth-order valence-corrected chi connectivity index (χ4v) is 1.82. The molecule has 0 saturated heterocycles. The minimum atomic E-state index is -0.368. The van der Waals surface area contributed by atoms with Crippen molar-refractivity contribution in [1.82, 2.24) is 0 Å². The van der Waals surface area contributed by atoms with E-state index in [2.05, 4.69) is 0 Å². The van der Waals surface area contributed by atoms with Gasteiger partial charge in [-0.25, -0.2) is 0 Å². The second-order valence-corrected chi connectivity index (χ2v) is 3.13. The highest BCUT2D eigenvalue weighted by atomic mass is 16.5. The summed E-state index contributed by atoms with van der Waals surface area (Å²) in [6.45, 7) is 0. The number of methoxy groups -OCH3 is 1. The van der Waals surface area contributed by atoms with Gasteiger partial charge in [0.1, 0.15) is 6.10 Å². The van der Waals surface area contributed by atoms with Crippen molar-refractivity contribution in [1.29, 1.82) is 0 Å². The van der Waals surface area contributed by atoms with Gasteiger partial charge >= 0.3 is 0 Å². The average Bonchev–Trinajstić information content (AvgIpc) is 2.40. The van der Waals surface area contributed by atoms with E-state index in [-0.39, 0.29) is 12.2 Å². The molecule has 0 unspecified atom stereocenters. The molecule has 1 aromatic rings. The number of rotatable bonds is 1. The molecule has 2 atom stereocenters. The van der Waals surface area contributed by atoms with Gasteiger partial charge in [0.05, 0.1) is 6.10 Å². The lowest BCUT2D eigenvalue weighted by Crippen LogP contribution is -2.14. The first-order valence-corrected chi connectivity index (χ1v) is 4.11. The standard InChI is InChI=1S/C10H12O2/c1-12-10-8-5-3-2-4-7(8)6-9(10)11/h2-5,9-11H,6H2,1H3/t9-,10-/m1/s1. The van der Waals surface area contributed by atoms with Gasteiger partial charge in [-0.05, 0) is 11.1 Å². The lowest BCUT2D eigenvalue weighted by Gasteiger charge is -2.12. The number of fused-ring (bicyclic) bond motifs is 1. The molecule has 0 aliphatic heterocycles. The first kappa shape index (κ1) is 7.77. The van der Waals surface area contributed by atoms with Crippen molar-refractivity contribution in [2.24, 2.45) is 0 Å². The Hall–Kier alpha value is -0.860. The van der Waals surface area contributed by atoms with Gasteiger partial charge in [0, 0.05) is 13.5 Å². The van der Waals surface area contributed by atoms with E-state index in [1.54, 1.807) is 7.11 Å². The molecule has 0 radical (unpaired) electrons. The Kier molecular flexibility index (Phi) is 1.87. The predicted octanol–water partition coefficient (Wildman–Crippen LogP) is 1.29. The summed E-state index contributed by atoms with van der Waals surface area (Å²) in [6.07, 6.45) is 0.225. The van der Waals surface area contributed by atoms with Crippen molar-refractivity contribution in [2.45, 2.75) is 18.6 Å². The van der Waals surface area contributed by atoms with Crippen LogP contribution in [0.4, 0.5) is 0 Å². The number of hydrogen-bond acceptors (Lipinski definition) is 2. The highest BCUT2D eigenvalue weighted by Crippen LogP contribution is 2.33. The van der Waals surface area contributed by atoms with E-state index in [0.29, 0.717) is 6.42 Å². The fourth-order valence-electron chi connectivity index (χ4n) is 1.82. The number of hydrogen-bond donors (Lipinski definition) is 1. The summed E-state index contributed by atoms with van der Waals surface area (Å²) in [5, 5.41) is 9.59. The number of aliphatic hydroxyl groups is 1. The predicted molar refractivity (Wildman–Crippen MR) is 45.9 cm³/mol. The van der Waals surface area contributed by atoms with Crippen LogP contribution in [0.5, 0.6) is 0 Å². The summed E-state index contributed by atoms with van der Waals surface area (Å²) >= 11 is 0. The van der Waals surface area contributed by atoms with Crippen LogP contribution in [-0.4, -0.2) is 18.3 Å². The highest BCUT2D eigenvalue weighted by Gasteiger charge is 2.30. The molecular formula is C10H12O2. The maximum absolute atomic E-state index is 9.59. The molecule has 1 aromatic carbocycles. The largest absolute Gasteiger partial charge is 0.390 e. The van der Waals surface area contributed by atoms with Crippen molar-refractivity contribution in [3.05, 3.63) is 35.4 Å². The number of aliphatic hydroxyl groups excluding tert-OH is 1. The van der Waals surface area contributed by atoms with E-state index in [9.17, 15) is 5.11 Å². The molecule has 1 aliphatic carbocycles. The molecule has 0 amide bonds. The highest BCUT2D eigenvalue weighted by molar-refractivity contribution is 5.35. The summed E-state index contributed by atoms with van der Waals surface area (Å²) in [5.74, 6) is 0. The first-order chi connectivity index (χ1) is 5.83. The number of benzene rings is 1. The minimum Gasteiger partial charge on any atom is -0.390 e. The summed E-state index contributed by atoms with van der Waals surface area (Å²) in [6, 6.07) is 8.02. The normalized spacial score (nSPS) is 27.2. The van der Waals surface area contributed by atoms with Gasteiger partial charge < -0.3 is 9.84 Å². The Labute approximate surface area is 71.8 Å². The van der Waals surface area contributed by atoms with Crippen LogP contribution in [0.15, 0.2) is 24.3 Å². The first-order valence-electron chi connectivity index (χ1n) is 4.11. The molecule has 1 N–H and O–H groups in total. The second-order valence-electron chi connectivity index (χ2n) is 3.13. The van der Waals surface area contributed by atoms with Crippen LogP contribution < -0.4 is 0 Å². The quantitative estimate of drug-likeness (QED) is 0.677. The zero-order valence-corrected chi connectivity index (χ0v) is 7.03. The smallest absolute Gasteiger partial charge is 0.109 e. The van der Waals surface area contributed by atoms with E-state index >= 15 is 0 Å². The van der Waals surface area contributed by atoms with Crippen LogP contribution >= 0.6 is 0 Å².